The van der Waals surface area contributed by atoms with Crippen molar-refractivity contribution >= 4 is 120 Å². The van der Waals surface area contributed by atoms with Gasteiger partial charge in [-0.2, -0.15) is 20.4 Å². The SMILES string of the molecule is C#CCC(=O)N1CCC(C(C)(C)[C@@H](O)c2cc(Cl)cc3cn[nH]c23)CC1.CC(C)(C1C[C@H]2CC[C@@H](C1)N2C(=O)NC1CC1)C(O)c1cc(Cl)cc2cn[nH]c12.CC(F)(F)c1ccccc1NC(=O)N1CCC(C(C)(C)[C@@H](O)c2cc(Cl)cc3cn[nH]c23)CC1.CCNC(=O)N1[C@@H]2CC[C@H]1CC(C(C)(C)C(O)c1cc(Cl)cc3cn[nH]c13)C2. The number of aliphatic hydroxyl groups is 4. The number of aromatic amines is 4. The van der Waals surface area contributed by atoms with Gasteiger partial charge in [0.15, 0.2) is 0 Å². The molecule has 1 saturated carbocycles. The molecule has 11 N–H and O–H groups in total. The van der Waals surface area contributed by atoms with Crippen LogP contribution in [0.2, 0.25) is 20.1 Å². The standard InChI is InChI=1S/C25H29ClF2N4O2.C22H29ClN4O2.C21H29ClN4O2.C20H24ClN3O2/c1-24(2,22(33)18-13-17(26)12-15-14-29-31-21(15)18)16-8-10-32(11-9-16)23(34)30-20-7-5-4-6-19(20)25(3,27)28;1-22(2,20(28)18-10-14(23)7-12-11-24-26-19(12)18)13-8-16-5-6-17(9-13)27(16)21(29)25-15-3-4-15;1-4-23-20(28)26-15-5-6-16(26)9-13(8-15)21(2,3)19(27)17-10-14(22)7-12-11-24-25-18(12)17;1-4-5-17(25)24-8-6-14(7-9-24)20(2,3)19(26)16-11-15(21)10-13-12-22-23-18(13)16/h4-7,12-14,16,22,33H,8-11H2,1-3H3,(H,29,31)(H,30,34);7,10-11,13,15-17,20,28H,3-6,8-9H2,1-2H3,(H,24,26)(H,25,29);7,10-11,13,15-16,19,27H,4-6,8-9H2,1-3H3,(H,23,28)(H,24,25);1,10-12,14,19,26H,5-9H2,2-3H3,(H,22,23)/t22-;13?,16-,17+,20?;13?,15-,16+,19?;19-/m0..0/s1. The third-order valence-electron chi connectivity index (χ3n) is 27.1. The molecular formula is C88H111Cl4F2N15O8. The van der Waals surface area contributed by atoms with Gasteiger partial charge in [-0.25, -0.2) is 23.2 Å². The zero-order valence-corrected chi connectivity index (χ0v) is 71.3. The molecule has 6 aliphatic heterocycles. The number of hydrogen-bond acceptors (Lipinski definition) is 12. The lowest BCUT2D eigenvalue weighted by molar-refractivity contribution is -0.132. The van der Waals surface area contributed by atoms with E-state index in [2.05, 4.69) is 114 Å². The van der Waals surface area contributed by atoms with Gasteiger partial charge < -0.3 is 56.0 Å². The second-order valence-corrected chi connectivity index (χ2v) is 37.6. The summed E-state index contributed by atoms with van der Waals surface area (Å²) in [5.74, 6) is 0.436. The zero-order valence-electron chi connectivity index (χ0n) is 68.2. The second kappa shape index (κ2) is 35.2. The number of H-pyrrole nitrogens is 4. The molecule has 10 atom stereocenters. The number of nitrogens with zero attached hydrogens (tertiary/aromatic N) is 8. The van der Waals surface area contributed by atoms with Crippen LogP contribution in [0.15, 0.2) is 97.6 Å². The summed E-state index contributed by atoms with van der Waals surface area (Å²) in [5.41, 5.74) is 4.65. The number of halogens is 6. The quantitative estimate of drug-likeness (QED) is 0.0379. The molecule has 0 spiro atoms. The molecule has 628 valence electrons. The Balaban J connectivity index is 0.000000136. The zero-order chi connectivity index (χ0) is 84.0. The smallest absolute Gasteiger partial charge is 0.321 e. The number of aliphatic hydroxyl groups excluding tert-OH is 4. The van der Waals surface area contributed by atoms with Gasteiger partial charge in [0.25, 0.3) is 5.92 Å². The van der Waals surface area contributed by atoms with Gasteiger partial charge in [0.2, 0.25) is 5.91 Å². The summed E-state index contributed by atoms with van der Waals surface area (Å²) in [7, 11) is 0. The van der Waals surface area contributed by atoms with Crippen molar-refractivity contribution in [2.45, 2.75) is 226 Å². The van der Waals surface area contributed by atoms with E-state index in [-0.39, 0.29) is 87.9 Å². The Bertz CT molecular complexity index is 5060. The van der Waals surface area contributed by atoms with Crippen molar-refractivity contribution in [3.05, 3.63) is 145 Å². The Morgan fingerprint density at radius 1 is 0.487 bits per heavy atom. The van der Waals surface area contributed by atoms with Gasteiger partial charge in [-0.15, -0.1) is 6.42 Å². The molecule has 4 bridgehead atoms. The van der Waals surface area contributed by atoms with Crippen LogP contribution in [-0.2, 0) is 10.7 Å². The van der Waals surface area contributed by atoms with E-state index in [1.165, 1.54) is 18.2 Å². The van der Waals surface area contributed by atoms with Crippen LogP contribution in [0.25, 0.3) is 43.6 Å². The maximum Gasteiger partial charge on any atom is 0.321 e. The number of para-hydroxylation sites is 1. The Hall–Kier alpha value is -8.32. The van der Waals surface area contributed by atoms with Gasteiger partial charge >= 0.3 is 18.1 Å². The van der Waals surface area contributed by atoms with E-state index in [1.807, 2.05) is 56.0 Å². The molecule has 16 rings (SSSR count). The number of aromatic nitrogens is 8. The highest BCUT2D eigenvalue weighted by Crippen LogP contribution is 2.55. The van der Waals surface area contributed by atoms with Gasteiger partial charge in [0, 0.05) is 139 Å². The number of carbonyl (C=O) groups is 4. The van der Waals surface area contributed by atoms with Crippen LogP contribution < -0.4 is 16.0 Å². The number of likely N-dealkylation sites (tertiary alicyclic amines) is 2. The maximum atomic E-state index is 13.9. The highest BCUT2D eigenvalue weighted by atomic mass is 35.5. The van der Waals surface area contributed by atoms with E-state index in [1.54, 1.807) is 54.0 Å². The number of carbonyl (C=O) groups excluding carboxylic acids is 4. The summed E-state index contributed by atoms with van der Waals surface area (Å²) in [6.45, 7) is 22.4. The Kier molecular flexibility index (Phi) is 26.0. The maximum absolute atomic E-state index is 13.9. The lowest BCUT2D eigenvalue weighted by Gasteiger charge is -2.47. The molecule has 7 amide bonds. The van der Waals surface area contributed by atoms with Crippen LogP contribution in [-0.4, -0.2) is 168 Å². The average Bonchev–Trinajstić information content (AvgIpc) is 1.65. The Morgan fingerprint density at radius 3 is 1.15 bits per heavy atom. The van der Waals surface area contributed by atoms with Crippen molar-refractivity contribution in [1.82, 2.24) is 71.0 Å². The topological polar surface area (TPSA) is 313 Å². The van der Waals surface area contributed by atoms with Crippen LogP contribution in [0.4, 0.5) is 28.9 Å². The summed E-state index contributed by atoms with van der Waals surface area (Å²) in [4.78, 5) is 57.6. The van der Waals surface area contributed by atoms with Crippen molar-refractivity contribution in [2.75, 3.05) is 38.0 Å². The van der Waals surface area contributed by atoms with E-state index in [0.29, 0.717) is 89.1 Å². The first kappa shape index (κ1) is 86.5. The Labute approximate surface area is 702 Å². The summed E-state index contributed by atoms with van der Waals surface area (Å²) < 4.78 is 27.8. The van der Waals surface area contributed by atoms with Crippen molar-refractivity contribution < 1.29 is 48.4 Å². The fraction of sp³-hybridized carbons (Fsp3) is 0.545. The molecule has 5 aromatic carbocycles. The number of anilines is 1. The largest absolute Gasteiger partial charge is 0.388 e. The molecule has 29 heteroatoms. The predicted molar refractivity (Wildman–Crippen MR) is 455 cm³/mol. The number of terminal acetylenes is 1. The molecule has 1 aliphatic carbocycles. The molecule has 117 heavy (non-hydrogen) atoms. The number of rotatable bonds is 17. The first-order valence-electron chi connectivity index (χ1n) is 41.1. The van der Waals surface area contributed by atoms with Gasteiger partial charge in [-0.1, -0.05) is 126 Å². The minimum Gasteiger partial charge on any atom is -0.388 e. The average molecular weight is 1690 g/mol. The number of alkyl halides is 2. The van der Waals surface area contributed by atoms with Crippen LogP contribution in [0.3, 0.4) is 0 Å². The molecule has 9 aromatic rings. The minimum absolute atomic E-state index is 0.0123. The molecule has 7 aliphatic rings. The van der Waals surface area contributed by atoms with E-state index < -0.39 is 41.8 Å². The summed E-state index contributed by atoms with van der Waals surface area (Å²) in [6.07, 6.45) is 22.6. The third kappa shape index (κ3) is 18.4. The fourth-order valence-corrected chi connectivity index (χ4v) is 20.5. The number of benzene rings is 5. The first-order valence-corrected chi connectivity index (χ1v) is 42.6. The van der Waals surface area contributed by atoms with Gasteiger partial charge in [-0.3, -0.25) is 25.2 Å². The molecular weight excluding hydrogens is 1570 g/mol. The van der Waals surface area contributed by atoms with E-state index >= 15 is 0 Å². The number of amides is 7. The highest BCUT2D eigenvalue weighted by molar-refractivity contribution is 6.32. The normalized spacial score (nSPS) is 21.8. The molecule has 0 radical (unpaired) electrons. The minimum atomic E-state index is -3.06. The first-order chi connectivity index (χ1) is 55.5. The third-order valence-corrected chi connectivity index (χ3v) is 27.9. The van der Waals surface area contributed by atoms with E-state index in [0.717, 1.165) is 144 Å². The molecule has 10 heterocycles. The fourth-order valence-electron chi connectivity index (χ4n) is 19.6. The van der Waals surface area contributed by atoms with Crippen LogP contribution >= 0.6 is 46.4 Å². The molecule has 4 unspecified atom stereocenters. The predicted octanol–water partition coefficient (Wildman–Crippen LogP) is 18.5. The molecule has 6 saturated heterocycles. The summed E-state index contributed by atoms with van der Waals surface area (Å²) in [5, 5.41) is 88.3. The highest BCUT2D eigenvalue weighted by Gasteiger charge is 2.52. The van der Waals surface area contributed by atoms with Crippen molar-refractivity contribution in [2.24, 2.45) is 45.3 Å². The van der Waals surface area contributed by atoms with Crippen molar-refractivity contribution in [3.8, 4) is 12.3 Å². The van der Waals surface area contributed by atoms with Gasteiger partial charge in [-0.05, 0) is 197 Å². The number of nitrogens with one attached hydrogen (secondary N) is 7. The van der Waals surface area contributed by atoms with Crippen LogP contribution in [0.5, 0.6) is 0 Å². The molecule has 4 aromatic heterocycles. The molecule has 7 fully saturated rings. The lowest BCUT2D eigenvalue weighted by atomic mass is 9.67. The van der Waals surface area contributed by atoms with Crippen LogP contribution in [0.1, 0.15) is 218 Å². The Morgan fingerprint density at radius 2 is 0.821 bits per heavy atom. The monoisotopic (exact) mass is 1680 g/mol. The van der Waals surface area contributed by atoms with Crippen molar-refractivity contribution in [3.63, 3.8) is 0 Å². The summed E-state index contributed by atoms with van der Waals surface area (Å²) in [6, 6.07) is 21.8. The van der Waals surface area contributed by atoms with Gasteiger partial charge in [0.05, 0.1) is 83.4 Å². The van der Waals surface area contributed by atoms with E-state index in [4.69, 9.17) is 52.8 Å². The van der Waals surface area contributed by atoms with Crippen LogP contribution in [0, 0.1) is 57.7 Å². The second-order valence-electron chi connectivity index (χ2n) is 35.9. The molecule has 23 nitrogen and oxygen atoms in total. The number of urea groups is 3. The number of piperidine rings is 4. The lowest BCUT2D eigenvalue weighted by Crippen LogP contribution is -2.53. The van der Waals surface area contributed by atoms with Gasteiger partial charge in [0.1, 0.15) is 0 Å². The van der Waals surface area contributed by atoms with E-state index in [9.17, 15) is 48.4 Å². The van der Waals surface area contributed by atoms with Crippen molar-refractivity contribution in [1.29, 1.82) is 0 Å². The summed E-state index contributed by atoms with van der Waals surface area (Å²) >= 11 is 25.1. The number of fused-ring (bicyclic) bond motifs is 8. The number of hydrogen-bond donors (Lipinski definition) is 11.